The maximum atomic E-state index is 4.22. The second-order valence-electron chi connectivity index (χ2n) is 5.40. The van der Waals surface area contributed by atoms with Crippen molar-refractivity contribution in [2.24, 2.45) is 7.05 Å². The molecule has 0 aliphatic rings. The van der Waals surface area contributed by atoms with Crippen molar-refractivity contribution in [3.05, 3.63) is 46.8 Å². The largest absolute Gasteiger partial charge is 0.310 e. The van der Waals surface area contributed by atoms with E-state index in [1.54, 1.807) is 4.68 Å². The van der Waals surface area contributed by atoms with Gasteiger partial charge in [0, 0.05) is 25.7 Å². The maximum Gasteiger partial charge on any atom is 0.0845 e. The first-order valence-electron chi connectivity index (χ1n) is 7.26. The van der Waals surface area contributed by atoms with Crippen LogP contribution in [0.1, 0.15) is 41.8 Å². The summed E-state index contributed by atoms with van der Waals surface area (Å²) in [5.74, 6) is 0. The summed E-state index contributed by atoms with van der Waals surface area (Å²) in [6.07, 6.45) is 4.00. The van der Waals surface area contributed by atoms with E-state index in [9.17, 15) is 0 Å². The summed E-state index contributed by atoms with van der Waals surface area (Å²) in [6.45, 7) is 7.56. The van der Waals surface area contributed by atoms with Gasteiger partial charge in [0.15, 0.2) is 0 Å². The van der Waals surface area contributed by atoms with Gasteiger partial charge in [0.1, 0.15) is 0 Å². The number of aromatic nitrogens is 3. The Labute approximate surface area is 121 Å². The van der Waals surface area contributed by atoms with E-state index in [0.717, 1.165) is 25.1 Å². The van der Waals surface area contributed by atoms with E-state index in [4.69, 9.17) is 0 Å². The van der Waals surface area contributed by atoms with Gasteiger partial charge in [-0.25, -0.2) is 0 Å². The van der Waals surface area contributed by atoms with Gasteiger partial charge in [-0.1, -0.05) is 30.3 Å². The van der Waals surface area contributed by atoms with Gasteiger partial charge in [-0.3, -0.25) is 4.68 Å². The number of rotatable bonds is 6. The number of aryl methyl sites for hydroxylation is 3. The van der Waals surface area contributed by atoms with Crippen LogP contribution >= 0.6 is 0 Å². The third-order valence-corrected chi connectivity index (χ3v) is 3.59. The molecule has 0 saturated heterocycles. The number of nitrogens with one attached hydrogen (secondary N) is 1. The minimum atomic E-state index is 0.299. The van der Waals surface area contributed by atoms with Gasteiger partial charge in [-0.15, -0.1) is 5.10 Å². The van der Waals surface area contributed by atoms with Crippen LogP contribution in [0.15, 0.2) is 24.4 Å². The lowest BCUT2D eigenvalue weighted by Crippen LogP contribution is -2.25. The SMILES string of the molecule is CCCNC(Cc1cn(C)nn1)c1c(C)cccc1C. The quantitative estimate of drug-likeness (QED) is 0.879. The first kappa shape index (κ1) is 14.7. The monoisotopic (exact) mass is 272 g/mol. The van der Waals surface area contributed by atoms with Crippen LogP contribution in [0.25, 0.3) is 0 Å². The summed E-state index contributed by atoms with van der Waals surface area (Å²) in [5.41, 5.74) is 5.10. The summed E-state index contributed by atoms with van der Waals surface area (Å²) < 4.78 is 1.76. The standard InChI is InChI=1S/C16H24N4/c1-5-9-17-15(10-14-11-20(4)19-18-14)16-12(2)7-6-8-13(16)3/h6-8,11,15,17H,5,9-10H2,1-4H3. The highest BCUT2D eigenvalue weighted by Crippen LogP contribution is 2.24. The molecule has 0 spiro atoms. The molecule has 2 aromatic rings. The fraction of sp³-hybridized carbons (Fsp3) is 0.500. The molecule has 0 bridgehead atoms. The van der Waals surface area contributed by atoms with Crippen LogP contribution in [-0.4, -0.2) is 21.5 Å². The van der Waals surface area contributed by atoms with Crippen molar-refractivity contribution < 1.29 is 0 Å². The van der Waals surface area contributed by atoms with Crippen molar-refractivity contribution >= 4 is 0 Å². The van der Waals surface area contributed by atoms with Gasteiger partial charge in [0.05, 0.1) is 5.69 Å². The third kappa shape index (κ3) is 3.45. The summed E-state index contributed by atoms with van der Waals surface area (Å²) in [6, 6.07) is 6.78. The zero-order chi connectivity index (χ0) is 14.5. The third-order valence-electron chi connectivity index (χ3n) is 3.59. The predicted octanol–water partition coefficient (Wildman–Crippen LogP) is 2.72. The molecule has 1 N–H and O–H groups in total. The average molecular weight is 272 g/mol. The molecule has 0 amide bonds. The van der Waals surface area contributed by atoms with Crippen molar-refractivity contribution in [3.63, 3.8) is 0 Å². The number of hydrogen-bond acceptors (Lipinski definition) is 3. The molecule has 4 heteroatoms. The average Bonchev–Trinajstić information content (AvgIpc) is 2.81. The van der Waals surface area contributed by atoms with Crippen LogP contribution in [0.5, 0.6) is 0 Å². The Bertz CT molecular complexity index is 539. The molecule has 20 heavy (non-hydrogen) atoms. The fourth-order valence-electron chi connectivity index (χ4n) is 2.67. The molecular weight excluding hydrogens is 248 g/mol. The van der Waals surface area contributed by atoms with Gasteiger partial charge in [0.25, 0.3) is 0 Å². The molecule has 4 nitrogen and oxygen atoms in total. The molecule has 2 rings (SSSR count). The molecule has 0 aliphatic heterocycles. The highest BCUT2D eigenvalue weighted by atomic mass is 15.4. The van der Waals surface area contributed by atoms with Gasteiger partial charge < -0.3 is 5.32 Å². The first-order valence-corrected chi connectivity index (χ1v) is 7.26. The summed E-state index contributed by atoms with van der Waals surface area (Å²) >= 11 is 0. The predicted molar refractivity (Wildman–Crippen MR) is 81.7 cm³/mol. The van der Waals surface area contributed by atoms with Gasteiger partial charge in [0.2, 0.25) is 0 Å². The molecule has 108 valence electrons. The molecule has 1 unspecified atom stereocenters. The van der Waals surface area contributed by atoms with Gasteiger partial charge in [-0.05, 0) is 43.5 Å². The van der Waals surface area contributed by atoms with Gasteiger partial charge >= 0.3 is 0 Å². The molecular formula is C16H24N4. The van der Waals surface area contributed by atoms with Gasteiger partial charge in [-0.2, -0.15) is 0 Å². The van der Waals surface area contributed by atoms with Crippen LogP contribution in [-0.2, 0) is 13.5 Å². The molecule has 0 radical (unpaired) electrons. The lowest BCUT2D eigenvalue weighted by Gasteiger charge is -2.22. The molecule has 0 fully saturated rings. The van der Waals surface area contributed by atoms with E-state index >= 15 is 0 Å². The minimum Gasteiger partial charge on any atom is -0.310 e. The summed E-state index contributed by atoms with van der Waals surface area (Å²) in [4.78, 5) is 0. The highest BCUT2D eigenvalue weighted by molar-refractivity contribution is 5.36. The maximum absolute atomic E-state index is 4.22. The summed E-state index contributed by atoms with van der Waals surface area (Å²) in [5, 5.41) is 11.9. The second-order valence-corrected chi connectivity index (χ2v) is 5.40. The zero-order valence-corrected chi connectivity index (χ0v) is 12.8. The number of nitrogens with zero attached hydrogens (tertiary/aromatic N) is 3. The Kier molecular flexibility index (Phi) is 4.90. The topological polar surface area (TPSA) is 42.7 Å². The smallest absolute Gasteiger partial charge is 0.0845 e. The van der Waals surface area contributed by atoms with E-state index in [2.05, 4.69) is 54.6 Å². The second kappa shape index (κ2) is 6.66. The molecule has 1 aromatic carbocycles. The summed E-state index contributed by atoms with van der Waals surface area (Å²) in [7, 11) is 1.91. The zero-order valence-electron chi connectivity index (χ0n) is 12.8. The van der Waals surface area contributed by atoms with Crippen molar-refractivity contribution in [2.45, 2.75) is 39.7 Å². The first-order chi connectivity index (χ1) is 9.61. The Balaban J connectivity index is 2.27. The Morgan fingerprint density at radius 3 is 2.50 bits per heavy atom. The van der Waals surface area contributed by atoms with Crippen molar-refractivity contribution in [2.75, 3.05) is 6.54 Å². The van der Waals surface area contributed by atoms with E-state index in [1.165, 1.54) is 16.7 Å². The molecule has 0 aliphatic carbocycles. The van der Waals surface area contributed by atoms with E-state index in [1.807, 2.05) is 13.2 Å². The van der Waals surface area contributed by atoms with Crippen molar-refractivity contribution in [1.29, 1.82) is 0 Å². The van der Waals surface area contributed by atoms with Crippen LogP contribution in [0, 0.1) is 13.8 Å². The van der Waals surface area contributed by atoms with E-state index < -0.39 is 0 Å². The normalized spacial score (nSPS) is 12.6. The van der Waals surface area contributed by atoms with Crippen LogP contribution in [0.3, 0.4) is 0 Å². The van der Waals surface area contributed by atoms with Crippen LogP contribution in [0.4, 0.5) is 0 Å². The Morgan fingerprint density at radius 1 is 1.25 bits per heavy atom. The Morgan fingerprint density at radius 2 is 1.95 bits per heavy atom. The molecule has 1 heterocycles. The lowest BCUT2D eigenvalue weighted by atomic mass is 9.93. The van der Waals surface area contributed by atoms with Crippen LogP contribution < -0.4 is 5.32 Å². The fourth-order valence-corrected chi connectivity index (χ4v) is 2.67. The van der Waals surface area contributed by atoms with Crippen molar-refractivity contribution in [1.82, 2.24) is 20.3 Å². The molecule has 1 aromatic heterocycles. The minimum absolute atomic E-state index is 0.299. The van der Waals surface area contributed by atoms with Crippen molar-refractivity contribution in [3.8, 4) is 0 Å². The molecule has 1 atom stereocenters. The van der Waals surface area contributed by atoms with E-state index in [-0.39, 0.29) is 0 Å². The van der Waals surface area contributed by atoms with E-state index in [0.29, 0.717) is 6.04 Å². The number of benzene rings is 1. The molecule has 0 saturated carbocycles. The number of hydrogen-bond donors (Lipinski definition) is 1. The Hall–Kier alpha value is -1.68. The lowest BCUT2D eigenvalue weighted by molar-refractivity contribution is 0.520. The van der Waals surface area contributed by atoms with Crippen LogP contribution in [0.2, 0.25) is 0 Å². The highest BCUT2D eigenvalue weighted by Gasteiger charge is 2.17.